The van der Waals surface area contributed by atoms with Gasteiger partial charge >= 0.3 is 0 Å². The summed E-state index contributed by atoms with van der Waals surface area (Å²) in [6, 6.07) is 7.37. The minimum absolute atomic E-state index is 0.0963. The predicted octanol–water partition coefficient (Wildman–Crippen LogP) is 2.37. The highest BCUT2D eigenvalue weighted by Gasteiger charge is 2.27. The Morgan fingerprint density at radius 3 is 2.35 bits per heavy atom. The maximum atomic E-state index is 12.2. The van der Waals surface area contributed by atoms with Gasteiger partial charge in [0, 0.05) is 33.1 Å². The van der Waals surface area contributed by atoms with Crippen molar-refractivity contribution in [2.45, 2.75) is 20.4 Å². The molecule has 1 unspecified atom stereocenters. The van der Waals surface area contributed by atoms with E-state index in [2.05, 4.69) is 9.68 Å². The maximum absolute atomic E-state index is 12.2. The number of carbonyl (C=O) groups excluding carboxylic acids is 1. The Morgan fingerprint density at radius 2 is 1.87 bits per heavy atom. The molecule has 1 aromatic carbocycles. The van der Waals surface area contributed by atoms with Crippen molar-refractivity contribution in [2.24, 2.45) is 9.78 Å². The van der Waals surface area contributed by atoms with Crippen molar-refractivity contribution in [2.75, 3.05) is 39.4 Å². The number of nitrogens with zero attached hydrogens (tertiary/aromatic N) is 2. The number of hydrogen-bond acceptors (Lipinski definition) is 4. The lowest BCUT2D eigenvalue weighted by Crippen LogP contribution is -2.34. The van der Waals surface area contributed by atoms with Gasteiger partial charge in [-0.15, -0.1) is 0 Å². The molecule has 0 heterocycles. The van der Waals surface area contributed by atoms with E-state index in [0.717, 1.165) is 5.56 Å². The number of benzene rings is 1. The van der Waals surface area contributed by atoms with E-state index in [1.54, 1.807) is 31.8 Å². The third kappa shape index (κ3) is 5.93. The minimum atomic E-state index is -2.33. The van der Waals surface area contributed by atoms with Crippen LogP contribution in [0.25, 0.3) is 0 Å². The highest BCUT2D eigenvalue weighted by atomic mass is 32.2. The molecule has 1 rings (SSSR count). The Bertz CT molecular complexity index is 645. The van der Waals surface area contributed by atoms with E-state index in [9.17, 15) is 9.00 Å². The predicted molar refractivity (Wildman–Crippen MR) is 94.6 cm³/mol. The maximum Gasteiger partial charge on any atom is 0.232 e. The smallest absolute Gasteiger partial charge is 0.232 e. The summed E-state index contributed by atoms with van der Waals surface area (Å²) in [5.41, 5.74) is 1.06. The molecule has 1 N–H and O–H groups in total. The fraction of sp³-hybridized carbons (Fsp3) is 0.562. The molecule has 0 aliphatic carbocycles. The van der Waals surface area contributed by atoms with Crippen molar-refractivity contribution in [1.82, 2.24) is 4.31 Å². The van der Waals surface area contributed by atoms with Gasteiger partial charge in [0.1, 0.15) is 9.92 Å². The van der Waals surface area contributed by atoms with Gasteiger partial charge in [0.25, 0.3) is 0 Å². The van der Waals surface area contributed by atoms with Crippen LogP contribution >= 0.6 is 0 Å². The number of rotatable bonds is 7. The zero-order chi connectivity index (χ0) is 17.7. The second-order valence-corrected chi connectivity index (χ2v) is 8.84. The average molecular weight is 341 g/mol. The number of hydrogen-bond donors (Lipinski definition) is 1. The van der Waals surface area contributed by atoms with Crippen LogP contribution in [0.3, 0.4) is 0 Å². The SMILES string of the molecule is COCC(C)(C)C(=O)Nc1ccc(CN=S(C)(=O)N(C)C)cc1. The molecule has 1 atom stereocenters. The summed E-state index contributed by atoms with van der Waals surface area (Å²) < 4.78 is 23.0. The van der Waals surface area contributed by atoms with Crippen LogP contribution in [0.2, 0.25) is 0 Å². The molecule has 1 amide bonds. The van der Waals surface area contributed by atoms with Crippen molar-refractivity contribution in [3.05, 3.63) is 29.8 Å². The molecule has 0 saturated carbocycles. The van der Waals surface area contributed by atoms with E-state index in [1.807, 2.05) is 38.1 Å². The first-order valence-electron chi connectivity index (χ1n) is 7.33. The molecule has 7 heteroatoms. The van der Waals surface area contributed by atoms with Crippen LogP contribution in [0.4, 0.5) is 5.69 Å². The Kier molecular flexibility index (Phi) is 6.73. The molecule has 0 fully saturated rings. The first-order chi connectivity index (χ1) is 10.6. The van der Waals surface area contributed by atoms with E-state index in [4.69, 9.17) is 4.74 Å². The van der Waals surface area contributed by atoms with Crippen LogP contribution < -0.4 is 5.32 Å². The van der Waals surface area contributed by atoms with Gasteiger partial charge in [-0.1, -0.05) is 12.1 Å². The standard InChI is InChI=1S/C16H27N3O3S/c1-16(2,12-22-5)15(20)18-14-9-7-13(8-10-14)11-17-23(6,21)19(3)4/h7-10H,11-12H2,1-6H3,(H,18,20). The normalized spacial score (nSPS) is 14.4. The Balaban J connectivity index is 2.75. The van der Waals surface area contributed by atoms with Crippen molar-refractivity contribution >= 4 is 21.5 Å². The van der Waals surface area contributed by atoms with E-state index in [0.29, 0.717) is 18.8 Å². The largest absolute Gasteiger partial charge is 0.384 e. The molecule has 0 aliphatic heterocycles. The summed E-state index contributed by atoms with van der Waals surface area (Å²) in [4.78, 5) is 12.2. The fourth-order valence-electron chi connectivity index (χ4n) is 1.73. The van der Waals surface area contributed by atoms with Gasteiger partial charge in [-0.3, -0.25) is 4.79 Å². The molecule has 0 radical (unpaired) electrons. The summed E-state index contributed by atoms with van der Waals surface area (Å²) in [6.07, 6.45) is 1.61. The van der Waals surface area contributed by atoms with Crippen LogP contribution in [-0.4, -0.2) is 48.5 Å². The molecular formula is C16H27N3O3S. The Labute approximate surface area is 139 Å². The lowest BCUT2D eigenvalue weighted by atomic mass is 9.93. The fourth-order valence-corrected chi connectivity index (χ4v) is 2.35. The third-order valence-electron chi connectivity index (χ3n) is 3.50. The summed E-state index contributed by atoms with van der Waals surface area (Å²) >= 11 is 0. The van der Waals surface area contributed by atoms with Crippen molar-refractivity contribution in [3.8, 4) is 0 Å². The first kappa shape index (κ1) is 19.6. The zero-order valence-electron chi connectivity index (χ0n) is 14.8. The van der Waals surface area contributed by atoms with Crippen molar-refractivity contribution in [3.63, 3.8) is 0 Å². The monoisotopic (exact) mass is 341 g/mol. The molecule has 0 aliphatic rings. The molecule has 23 heavy (non-hydrogen) atoms. The third-order valence-corrected chi connectivity index (χ3v) is 5.46. The molecular weight excluding hydrogens is 314 g/mol. The van der Waals surface area contributed by atoms with Crippen LogP contribution in [-0.2, 0) is 26.0 Å². The Morgan fingerprint density at radius 1 is 1.30 bits per heavy atom. The lowest BCUT2D eigenvalue weighted by Gasteiger charge is -2.22. The molecule has 0 saturated heterocycles. The molecule has 130 valence electrons. The second kappa shape index (κ2) is 7.90. The highest BCUT2D eigenvalue weighted by molar-refractivity contribution is 7.90. The van der Waals surface area contributed by atoms with Gasteiger partial charge in [0.15, 0.2) is 0 Å². The molecule has 0 aromatic heterocycles. The molecule has 0 spiro atoms. The van der Waals surface area contributed by atoms with Crippen LogP contribution in [0.15, 0.2) is 28.6 Å². The Hall–Kier alpha value is -1.44. The molecule has 0 bridgehead atoms. The number of methoxy groups -OCH3 is 1. The number of ether oxygens (including phenoxy) is 1. The van der Waals surface area contributed by atoms with Gasteiger partial charge < -0.3 is 10.1 Å². The first-order valence-corrected chi connectivity index (χ1v) is 9.21. The minimum Gasteiger partial charge on any atom is -0.384 e. The van der Waals surface area contributed by atoms with Crippen LogP contribution in [0.1, 0.15) is 19.4 Å². The topological polar surface area (TPSA) is 71.0 Å². The van der Waals surface area contributed by atoms with Crippen molar-refractivity contribution in [1.29, 1.82) is 0 Å². The lowest BCUT2D eigenvalue weighted by molar-refractivity contribution is -0.126. The summed E-state index contributed by atoms with van der Waals surface area (Å²) in [5, 5.41) is 2.87. The van der Waals surface area contributed by atoms with Crippen molar-refractivity contribution < 1.29 is 13.7 Å². The average Bonchev–Trinajstić information content (AvgIpc) is 2.46. The van der Waals surface area contributed by atoms with Gasteiger partial charge in [-0.05, 0) is 31.5 Å². The van der Waals surface area contributed by atoms with E-state index < -0.39 is 15.3 Å². The quantitative estimate of drug-likeness (QED) is 0.828. The van der Waals surface area contributed by atoms with E-state index in [1.165, 1.54) is 0 Å². The van der Waals surface area contributed by atoms with Crippen LogP contribution in [0, 0.1) is 5.41 Å². The number of amides is 1. The van der Waals surface area contributed by atoms with E-state index in [-0.39, 0.29) is 5.91 Å². The van der Waals surface area contributed by atoms with Crippen LogP contribution in [0.5, 0.6) is 0 Å². The second-order valence-electron chi connectivity index (χ2n) is 6.33. The van der Waals surface area contributed by atoms with Gasteiger partial charge in [-0.2, -0.15) is 0 Å². The summed E-state index contributed by atoms with van der Waals surface area (Å²) in [6.45, 7) is 4.39. The number of carbonyl (C=O) groups is 1. The van der Waals surface area contributed by atoms with E-state index >= 15 is 0 Å². The summed E-state index contributed by atoms with van der Waals surface area (Å²) in [7, 11) is 2.73. The van der Waals surface area contributed by atoms with Gasteiger partial charge in [0.05, 0.1) is 18.6 Å². The number of nitrogens with one attached hydrogen (secondary N) is 1. The highest BCUT2D eigenvalue weighted by Crippen LogP contribution is 2.19. The summed E-state index contributed by atoms with van der Waals surface area (Å²) in [5.74, 6) is -0.0963. The molecule has 6 nitrogen and oxygen atoms in total. The van der Waals surface area contributed by atoms with Gasteiger partial charge in [0.2, 0.25) is 5.91 Å². The molecule has 1 aromatic rings. The zero-order valence-corrected chi connectivity index (χ0v) is 15.6. The van der Waals surface area contributed by atoms with Gasteiger partial charge in [-0.25, -0.2) is 12.9 Å². The number of anilines is 1.